The molecular weight excluding hydrogens is 569 g/mol. The molecule has 8 nitrogen and oxygen atoms in total. The lowest BCUT2D eigenvalue weighted by Crippen LogP contribution is -2.15. The van der Waals surface area contributed by atoms with Gasteiger partial charge in [0.25, 0.3) is 5.76 Å². The molecule has 0 aliphatic rings. The smallest absolute Gasteiger partial charge is 0.453 e. The largest absolute Gasteiger partial charge is 0.493 e. The van der Waals surface area contributed by atoms with E-state index in [1.54, 1.807) is 30.3 Å². The van der Waals surface area contributed by atoms with Crippen LogP contribution in [0.15, 0.2) is 88.1 Å². The highest BCUT2D eigenvalue weighted by Gasteiger charge is 2.40. The van der Waals surface area contributed by atoms with Gasteiger partial charge in [-0.1, -0.05) is 30.3 Å². The minimum Gasteiger partial charge on any atom is -0.493 e. The Labute approximate surface area is 242 Å². The van der Waals surface area contributed by atoms with E-state index >= 15 is 0 Å². The number of fused-ring (bicyclic) bond motifs is 2. The number of ether oxygens (including phenoxy) is 5. The average Bonchev–Trinajstić information content (AvgIpc) is 3.00. The van der Waals surface area contributed by atoms with Crippen molar-refractivity contribution in [2.45, 2.75) is 6.18 Å². The van der Waals surface area contributed by atoms with Crippen LogP contribution in [0.4, 0.5) is 13.2 Å². The molecule has 0 N–H and O–H groups in total. The highest BCUT2D eigenvalue weighted by Crippen LogP contribution is 2.40. The van der Waals surface area contributed by atoms with Crippen molar-refractivity contribution < 1.29 is 46.1 Å². The molecule has 5 rings (SSSR count). The minimum atomic E-state index is -5.06. The molecule has 11 heteroatoms. The molecule has 0 atom stereocenters. The van der Waals surface area contributed by atoms with Crippen LogP contribution in [0.1, 0.15) is 11.3 Å². The maximum absolute atomic E-state index is 14.0. The van der Waals surface area contributed by atoms with E-state index in [2.05, 4.69) is 0 Å². The van der Waals surface area contributed by atoms with Gasteiger partial charge in [0.2, 0.25) is 16.9 Å². The van der Waals surface area contributed by atoms with Crippen LogP contribution in [0.3, 0.4) is 0 Å². The van der Waals surface area contributed by atoms with Crippen LogP contribution < -0.4 is 29.1 Å². The summed E-state index contributed by atoms with van der Waals surface area (Å²) in [7, 11) is 4.34. The molecule has 43 heavy (non-hydrogen) atoms. The molecule has 5 aromatic rings. The predicted molar refractivity (Wildman–Crippen MR) is 152 cm³/mol. The van der Waals surface area contributed by atoms with E-state index in [-0.39, 0.29) is 16.9 Å². The zero-order chi connectivity index (χ0) is 30.7. The zero-order valence-electron chi connectivity index (χ0n) is 23.0. The second-order valence-electron chi connectivity index (χ2n) is 9.07. The van der Waals surface area contributed by atoms with Crippen LogP contribution in [-0.2, 0) is 11.0 Å². The van der Waals surface area contributed by atoms with Crippen molar-refractivity contribution in [2.24, 2.45) is 0 Å². The standard InChI is InChI=1S/C32H23F3O8/c1-38-25-14-18(15-26(39-2)29(25)40-3)8-13-27(36)41-22-11-12-23-24(17-22)43-31(32(33,34)35)30(28(23)37)42-21-10-9-19-6-4-5-7-20(19)16-21/h4-17H,1-3H3/b13-8+. The molecule has 1 aromatic heterocycles. The molecule has 0 radical (unpaired) electrons. The maximum Gasteiger partial charge on any atom is 0.453 e. The number of methoxy groups -OCH3 is 3. The summed E-state index contributed by atoms with van der Waals surface area (Å²) in [4.78, 5) is 25.7. The number of rotatable bonds is 8. The van der Waals surface area contributed by atoms with Gasteiger partial charge in [-0.25, -0.2) is 4.79 Å². The molecule has 0 aliphatic carbocycles. The van der Waals surface area contributed by atoms with Gasteiger partial charge in [-0.3, -0.25) is 4.79 Å². The van der Waals surface area contributed by atoms with Gasteiger partial charge >= 0.3 is 12.1 Å². The van der Waals surface area contributed by atoms with Crippen LogP contribution in [-0.4, -0.2) is 27.3 Å². The number of benzene rings is 4. The van der Waals surface area contributed by atoms with Gasteiger partial charge in [0, 0.05) is 12.1 Å². The second-order valence-corrected chi connectivity index (χ2v) is 9.07. The Bertz CT molecular complexity index is 1900. The lowest BCUT2D eigenvalue weighted by Gasteiger charge is -2.14. The van der Waals surface area contributed by atoms with Gasteiger partial charge in [-0.05, 0) is 58.8 Å². The number of carbonyl (C=O) groups is 1. The summed E-state index contributed by atoms with van der Waals surface area (Å²) in [6, 6.07) is 18.5. The van der Waals surface area contributed by atoms with Gasteiger partial charge in [0.1, 0.15) is 17.1 Å². The third-order valence-electron chi connectivity index (χ3n) is 6.34. The Morgan fingerprint density at radius 2 is 1.47 bits per heavy atom. The van der Waals surface area contributed by atoms with Crippen molar-refractivity contribution in [1.29, 1.82) is 0 Å². The van der Waals surface area contributed by atoms with Crippen molar-refractivity contribution in [1.82, 2.24) is 0 Å². The molecule has 0 unspecified atom stereocenters. The van der Waals surface area contributed by atoms with Gasteiger partial charge in [-0.2, -0.15) is 13.2 Å². The third kappa shape index (κ3) is 6.10. The van der Waals surface area contributed by atoms with E-state index in [4.69, 9.17) is 28.1 Å². The Morgan fingerprint density at radius 1 is 0.791 bits per heavy atom. The van der Waals surface area contributed by atoms with Crippen LogP contribution in [0, 0.1) is 0 Å². The summed E-state index contributed by atoms with van der Waals surface area (Å²) in [6.07, 6.45) is -2.54. The average molecular weight is 593 g/mol. The summed E-state index contributed by atoms with van der Waals surface area (Å²) < 4.78 is 73.7. The van der Waals surface area contributed by atoms with Crippen molar-refractivity contribution in [3.8, 4) is 34.5 Å². The Hall–Kier alpha value is -5.45. The molecule has 0 saturated carbocycles. The third-order valence-corrected chi connectivity index (χ3v) is 6.34. The normalized spacial score (nSPS) is 11.6. The fraction of sp³-hybridized carbons (Fsp3) is 0.125. The van der Waals surface area contributed by atoms with Crippen molar-refractivity contribution in [2.75, 3.05) is 21.3 Å². The first-order chi connectivity index (χ1) is 20.6. The minimum absolute atomic E-state index is 0.0280. The van der Waals surface area contributed by atoms with Crippen molar-refractivity contribution in [3.63, 3.8) is 0 Å². The Balaban J connectivity index is 1.43. The van der Waals surface area contributed by atoms with Gasteiger partial charge in [0.15, 0.2) is 11.5 Å². The number of alkyl halides is 3. The lowest BCUT2D eigenvalue weighted by atomic mass is 10.1. The number of carbonyl (C=O) groups excluding carboxylic acids is 1. The highest BCUT2D eigenvalue weighted by molar-refractivity contribution is 5.90. The molecule has 0 amide bonds. The van der Waals surface area contributed by atoms with Crippen LogP contribution >= 0.6 is 0 Å². The number of hydrogen-bond donors (Lipinski definition) is 0. The maximum atomic E-state index is 14.0. The molecule has 0 aliphatic heterocycles. The molecule has 1 heterocycles. The van der Waals surface area contributed by atoms with Crippen molar-refractivity contribution in [3.05, 3.63) is 100 Å². The van der Waals surface area contributed by atoms with Gasteiger partial charge in [0.05, 0.1) is 26.7 Å². The van der Waals surface area contributed by atoms with Gasteiger partial charge < -0.3 is 28.1 Å². The molecule has 0 bridgehead atoms. The fourth-order valence-electron chi connectivity index (χ4n) is 4.36. The zero-order valence-corrected chi connectivity index (χ0v) is 23.0. The molecule has 0 saturated heterocycles. The molecular formula is C32H23F3O8. The Kier molecular flexibility index (Phi) is 7.98. The van der Waals surface area contributed by atoms with E-state index in [1.807, 2.05) is 12.1 Å². The van der Waals surface area contributed by atoms with E-state index in [9.17, 15) is 22.8 Å². The lowest BCUT2D eigenvalue weighted by molar-refractivity contribution is -0.154. The summed E-state index contributed by atoms with van der Waals surface area (Å²) >= 11 is 0. The molecule has 0 fully saturated rings. The van der Waals surface area contributed by atoms with E-state index in [0.717, 1.165) is 17.5 Å². The molecule has 220 valence electrons. The summed E-state index contributed by atoms with van der Waals surface area (Å²) in [6.45, 7) is 0. The SMILES string of the molecule is COc1cc(/C=C/C(=O)Oc2ccc3c(=O)c(Oc4ccc5ccccc5c4)c(C(F)(F)F)oc3c2)cc(OC)c1OC. The monoisotopic (exact) mass is 592 g/mol. The van der Waals surface area contributed by atoms with Crippen LogP contribution in [0.25, 0.3) is 27.8 Å². The number of halogens is 3. The summed E-state index contributed by atoms with van der Waals surface area (Å²) in [5, 5.41) is 1.36. The van der Waals surface area contributed by atoms with E-state index < -0.39 is 34.7 Å². The van der Waals surface area contributed by atoms with Crippen LogP contribution in [0.5, 0.6) is 34.5 Å². The first-order valence-electron chi connectivity index (χ1n) is 12.7. The van der Waals surface area contributed by atoms with Crippen LogP contribution in [0.2, 0.25) is 0 Å². The van der Waals surface area contributed by atoms with E-state index in [1.165, 1.54) is 51.7 Å². The molecule has 4 aromatic carbocycles. The van der Waals surface area contributed by atoms with Crippen molar-refractivity contribution >= 4 is 33.8 Å². The molecule has 0 spiro atoms. The number of esters is 1. The summed E-state index contributed by atoms with van der Waals surface area (Å²) in [5.41, 5.74) is -0.964. The topological polar surface area (TPSA) is 93.4 Å². The van der Waals surface area contributed by atoms with Gasteiger partial charge in [-0.15, -0.1) is 0 Å². The fourth-order valence-corrected chi connectivity index (χ4v) is 4.36. The summed E-state index contributed by atoms with van der Waals surface area (Å²) in [5.74, 6) is -2.49. The second kappa shape index (κ2) is 11.8. The number of hydrogen-bond acceptors (Lipinski definition) is 8. The van der Waals surface area contributed by atoms with E-state index in [0.29, 0.717) is 28.2 Å². The predicted octanol–water partition coefficient (Wildman–Crippen LogP) is 7.40. The first kappa shape index (κ1) is 29.1. The quantitative estimate of drug-likeness (QED) is 0.105. The first-order valence-corrected chi connectivity index (χ1v) is 12.7. The highest BCUT2D eigenvalue weighted by atomic mass is 19.4. The Morgan fingerprint density at radius 3 is 2.12 bits per heavy atom.